The molecule has 3 nitrogen and oxygen atoms in total. The Morgan fingerprint density at radius 1 is 1.52 bits per heavy atom. The average molecular weight is 288 g/mol. The summed E-state index contributed by atoms with van der Waals surface area (Å²) < 4.78 is 13.5. The summed E-state index contributed by atoms with van der Waals surface area (Å²) in [7, 11) is 0. The van der Waals surface area contributed by atoms with Crippen LogP contribution in [0.5, 0.6) is 0 Å². The molecule has 1 amide bonds. The number of halogens is 1. The number of likely N-dealkylation sites (tertiary alicyclic amines) is 1. The molecule has 112 valence electrons. The van der Waals surface area contributed by atoms with Gasteiger partial charge >= 0.3 is 0 Å². The zero-order valence-corrected chi connectivity index (χ0v) is 12.5. The van der Waals surface area contributed by atoms with Crippen LogP contribution >= 0.6 is 0 Å². The van der Waals surface area contributed by atoms with Crippen LogP contribution < -0.4 is 5.73 Å². The van der Waals surface area contributed by atoms with Crippen LogP contribution in [-0.2, 0) is 0 Å². The van der Waals surface area contributed by atoms with Gasteiger partial charge in [-0.2, -0.15) is 0 Å². The highest BCUT2D eigenvalue weighted by Gasteiger charge is 2.32. The minimum atomic E-state index is -0.419. The van der Waals surface area contributed by atoms with Crippen molar-refractivity contribution >= 4 is 5.91 Å². The van der Waals surface area contributed by atoms with Gasteiger partial charge in [0.1, 0.15) is 5.82 Å². The lowest BCUT2D eigenvalue weighted by Crippen LogP contribution is -2.38. The van der Waals surface area contributed by atoms with E-state index >= 15 is 0 Å². The summed E-state index contributed by atoms with van der Waals surface area (Å²) >= 11 is 0. The predicted octanol–water partition coefficient (Wildman–Crippen LogP) is 2.40. The number of benzene rings is 1. The lowest BCUT2D eigenvalue weighted by Gasteiger charge is -2.28. The van der Waals surface area contributed by atoms with Gasteiger partial charge in [-0.3, -0.25) is 4.79 Å². The summed E-state index contributed by atoms with van der Waals surface area (Å²) in [5.41, 5.74) is 6.25. The zero-order valence-electron chi connectivity index (χ0n) is 12.5. The molecule has 1 aliphatic rings. The highest BCUT2D eigenvalue weighted by molar-refractivity contribution is 5.97. The van der Waals surface area contributed by atoms with Crippen LogP contribution in [-0.4, -0.2) is 29.9 Å². The molecular formula is C17H21FN2O. The molecule has 1 aliphatic heterocycles. The Balaban J connectivity index is 2.36. The number of nitrogens with two attached hydrogens (primary N) is 1. The Labute approximate surface area is 125 Å². The van der Waals surface area contributed by atoms with Gasteiger partial charge in [-0.05, 0) is 37.0 Å². The van der Waals surface area contributed by atoms with Gasteiger partial charge in [0.05, 0.1) is 12.1 Å². The minimum absolute atomic E-state index is 0.132. The summed E-state index contributed by atoms with van der Waals surface area (Å²) in [6.45, 7) is 5.15. The monoisotopic (exact) mass is 288 g/mol. The van der Waals surface area contributed by atoms with Crippen molar-refractivity contribution in [3.63, 3.8) is 0 Å². The molecule has 0 saturated carbocycles. The van der Waals surface area contributed by atoms with Crippen LogP contribution in [0.25, 0.3) is 0 Å². The zero-order chi connectivity index (χ0) is 15.4. The van der Waals surface area contributed by atoms with Crippen molar-refractivity contribution in [1.29, 1.82) is 0 Å². The number of rotatable bonds is 2. The third-order valence-electron chi connectivity index (χ3n) is 3.87. The van der Waals surface area contributed by atoms with Crippen LogP contribution in [0.2, 0.25) is 0 Å². The molecule has 21 heavy (non-hydrogen) atoms. The Morgan fingerprint density at radius 3 is 2.95 bits per heavy atom. The molecule has 1 fully saturated rings. The number of carbonyl (C=O) groups excluding carboxylic acids is 1. The SMILES string of the molecule is CC(C)C1CCCN1C(=O)c1cc(F)ccc1C#CCN. The standard InChI is InChI=1S/C17H21FN2O/c1-12(2)16-6-4-10-20(16)17(21)15-11-14(18)8-7-13(15)5-3-9-19/h7-8,11-12,16H,4,6,9-10,19H2,1-2H3. The summed E-state index contributed by atoms with van der Waals surface area (Å²) in [5.74, 6) is 5.43. The first-order valence-electron chi connectivity index (χ1n) is 7.34. The van der Waals surface area contributed by atoms with Crippen molar-refractivity contribution < 1.29 is 9.18 Å². The number of carbonyl (C=O) groups is 1. The molecule has 0 aliphatic carbocycles. The van der Waals surface area contributed by atoms with E-state index in [0.717, 1.165) is 19.4 Å². The molecule has 4 heteroatoms. The molecule has 0 bridgehead atoms. The molecule has 0 spiro atoms. The second-order valence-corrected chi connectivity index (χ2v) is 5.65. The Bertz CT molecular complexity index is 586. The topological polar surface area (TPSA) is 46.3 Å². The fourth-order valence-corrected chi connectivity index (χ4v) is 2.84. The van der Waals surface area contributed by atoms with E-state index in [9.17, 15) is 9.18 Å². The number of amides is 1. The van der Waals surface area contributed by atoms with Gasteiger partial charge in [0, 0.05) is 18.2 Å². The van der Waals surface area contributed by atoms with E-state index in [1.165, 1.54) is 12.1 Å². The van der Waals surface area contributed by atoms with Gasteiger partial charge in [-0.25, -0.2) is 4.39 Å². The fourth-order valence-electron chi connectivity index (χ4n) is 2.84. The van der Waals surface area contributed by atoms with Crippen molar-refractivity contribution in [2.45, 2.75) is 32.7 Å². The van der Waals surface area contributed by atoms with Gasteiger partial charge in [0.2, 0.25) is 0 Å². The van der Waals surface area contributed by atoms with Crippen molar-refractivity contribution in [2.75, 3.05) is 13.1 Å². The maximum Gasteiger partial charge on any atom is 0.255 e. The third-order valence-corrected chi connectivity index (χ3v) is 3.87. The van der Waals surface area contributed by atoms with Crippen LogP contribution in [0.3, 0.4) is 0 Å². The average Bonchev–Trinajstić information content (AvgIpc) is 2.94. The quantitative estimate of drug-likeness (QED) is 0.849. The van der Waals surface area contributed by atoms with Crippen molar-refractivity contribution in [2.24, 2.45) is 11.7 Å². The lowest BCUT2D eigenvalue weighted by atomic mass is 10.0. The Hall–Kier alpha value is -1.86. The van der Waals surface area contributed by atoms with Gasteiger partial charge in [-0.15, -0.1) is 0 Å². The largest absolute Gasteiger partial charge is 0.335 e. The van der Waals surface area contributed by atoms with E-state index in [4.69, 9.17) is 5.73 Å². The van der Waals surface area contributed by atoms with E-state index in [1.54, 1.807) is 6.07 Å². The molecule has 0 aromatic heterocycles. The third kappa shape index (κ3) is 3.43. The lowest BCUT2D eigenvalue weighted by molar-refractivity contribution is 0.0701. The number of hydrogen-bond acceptors (Lipinski definition) is 2. The summed E-state index contributed by atoms with van der Waals surface area (Å²) in [4.78, 5) is 14.6. The van der Waals surface area contributed by atoms with E-state index in [1.807, 2.05) is 4.90 Å². The number of nitrogens with zero attached hydrogens (tertiary/aromatic N) is 1. The molecular weight excluding hydrogens is 267 g/mol. The van der Waals surface area contributed by atoms with E-state index in [2.05, 4.69) is 25.7 Å². The molecule has 1 aromatic rings. The molecule has 2 rings (SSSR count). The van der Waals surface area contributed by atoms with Gasteiger partial charge in [0.15, 0.2) is 0 Å². The van der Waals surface area contributed by atoms with Crippen LogP contribution in [0, 0.1) is 23.6 Å². The second-order valence-electron chi connectivity index (χ2n) is 5.65. The highest BCUT2D eigenvalue weighted by Crippen LogP contribution is 2.26. The molecule has 2 N–H and O–H groups in total. The highest BCUT2D eigenvalue weighted by atomic mass is 19.1. The van der Waals surface area contributed by atoms with Crippen molar-refractivity contribution in [3.05, 3.63) is 35.1 Å². The second kappa shape index (κ2) is 6.73. The fraction of sp³-hybridized carbons (Fsp3) is 0.471. The number of hydrogen-bond donors (Lipinski definition) is 1. The van der Waals surface area contributed by atoms with Gasteiger partial charge < -0.3 is 10.6 Å². The summed E-state index contributed by atoms with van der Waals surface area (Å²) in [5, 5.41) is 0. The molecule has 1 saturated heterocycles. The summed E-state index contributed by atoms with van der Waals surface area (Å²) in [6, 6.07) is 4.36. The van der Waals surface area contributed by atoms with Gasteiger partial charge in [0.25, 0.3) is 5.91 Å². The Kier molecular flexibility index (Phi) is 4.98. The van der Waals surface area contributed by atoms with Crippen LogP contribution in [0.4, 0.5) is 4.39 Å². The first-order chi connectivity index (χ1) is 10.0. The smallest absolute Gasteiger partial charge is 0.255 e. The first kappa shape index (κ1) is 15.5. The Morgan fingerprint density at radius 2 is 2.29 bits per heavy atom. The summed E-state index contributed by atoms with van der Waals surface area (Å²) in [6.07, 6.45) is 2.00. The van der Waals surface area contributed by atoms with Gasteiger partial charge in [-0.1, -0.05) is 25.7 Å². The van der Waals surface area contributed by atoms with Crippen molar-refractivity contribution in [3.8, 4) is 11.8 Å². The molecule has 1 atom stereocenters. The van der Waals surface area contributed by atoms with E-state index in [-0.39, 0.29) is 18.5 Å². The normalized spacial score (nSPS) is 17.8. The predicted molar refractivity (Wildman–Crippen MR) is 81.2 cm³/mol. The maximum absolute atomic E-state index is 13.5. The maximum atomic E-state index is 13.5. The van der Waals surface area contributed by atoms with Crippen LogP contribution in [0.1, 0.15) is 42.6 Å². The molecule has 0 radical (unpaired) electrons. The molecule has 1 unspecified atom stereocenters. The van der Waals surface area contributed by atoms with Crippen molar-refractivity contribution in [1.82, 2.24) is 4.90 Å². The minimum Gasteiger partial charge on any atom is -0.335 e. The van der Waals surface area contributed by atoms with Crippen LogP contribution in [0.15, 0.2) is 18.2 Å². The first-order valence-corrected chi connectivity index (χ1v) is 7.34. The van der Waals surface area contributed by atoms with E-state index in [0.29, 0.717) is 17.0 Å². The van der Waals surface area contributed by atoms with E-state index < -0.39 is 5.82 Å². The molecule has 1 heterocycles. The molecule has 1 aromatic carbocycles.